The Bertz CT molecular complexity index is 1440. The van der Waals surface area contributed by atoms with Gasteiger partial charge in [0.15, 0.2) is 5.60 Å². The number of hydrogen-bond acceptors (Lipinski definition) is 4. The van der Waals surface area contributed by atoms with Crippen LogP contribution in [0.15, 0.2) is 72.8 Å². The molecule has 6 rings (SSSR count). The maximum atomic E-state index is 11.1. The Labute approximate surface area is 200 Å². The smallest absolute Gasteiger partial charge is 0.262 e. The van der Waals surface area contributed by atoms with Crippen molar-refractivity contribution < 1.29 is 19.6 Å². The summed E-state index contributed by atoms with van der Waals surface area (Å²) < 4.78 is 6.52. The summed E-state index contributed by atoms with van der Waals surface area (Å²) in [6.07, 6.45) is 0. The zero-order valence-electron chi connectivity index (χ0n) is 20.3. The third-order valence-electron chi connectivity index (χ3n) is 7.85. The molecule has 0 bridgehead atoms. The molecule has 34 heavy (non-hydrogen) atoms. The molecule has 2 aliphatic rings. The minimum absolute atomic E-state index is 0.247. The Morgan fingerprint density at radius 1 is 0.765 bits per heavy atom. The van der Waals surface area contributed by atoms with Crippen LogP contribution in [-0.2, 0) is 20.3 Å². The van der Waals surface area contributed by atoms with Gasteiger partial charge in [-0.3, -0.25) is 0 Å². The normalized spacial score (nSPS) is 25.9. The molecule has 174 valence electrons. The summed E-state index contributed by atoms with van der Waals surface area (Å²) >= 11 is 0. The van der Waals surface area contributed by atoms with Crippen LogP contribution in [0.2, 0.25) is 0 Å². The van der Waals surface area contributed by atoms with Gasteiger partial charge in [-0.25, -0.2) is 4.89 Å². The maximum Gasteiger partial charge on any atom is 0.262 e. The van der Waals surface area contributed by atoms with Crippen molar-refractivity contribution >= 4 is 21.5 Å². The molecule has 0 spiro atoms. The van der Waals surface area contributed by atoms with Gasteiger partial charge in [-0.2, -0.15) is 4.89 Å². The van der Waals surface area contributed by atoms with Gasteiger partial charge in [-0.05, 0) is 33.2 Å². The van der Waals surface area contributed by atoms with E-state index < -0.39 is 11.4 Å². The molecule has 4 aromatic carbocycles. The number of ether oxygens (including phenoxy) is 1. The second-order valence-corrected chi connectivity index (χ2v) is 11.3. The van der Waals surface area contributed by atoms with E-state index in [9.17, 15) is 5.11 Å². The van der Waals surface area contributed by atoms with Gasteiger partial charge >= 0.3 is 0 Å². The summed E-state index contributed by atoms with van der Waals surface area (Å²) in [7, 11) is 0. The van der Waals surface area contributed by atoms with Gasteiger partial charge in [-0.1, -0.05) is 101 Å². The SMILES string of the molecule is CC(C)(C)[C@]12OO[C@@]1(c1cccc3c(-c4cccc5ccccc45)c(O)ccc13)OCC2(C)C. The molecule has 4 aromatic rings. The maximum absolute atomic E-state index is 11.1. The van der Waals surface area contributed by atoms with E-state index >= 15 is 0 Å². The van der Waals surface area contributed by atoms with E-state index in [0.717, 1.165) is 38.2 Å². The second-order valence-electron chi connectivity index (χ2n) is 11.3. The largest absolute Gasteiger partial charge is 0.507 e. The van der Waals surface area contributed by atoms with Gasteiger partial charge in [-0.15, -0.1) is 0 Å². The highest BCUT2D eigenvalue weighted by atomic mass is 17.3. The van der Waals surface area contributed by atoms with Crippen molar-refractivity contribution in [3.63, 3.8) is 0 Å². The van der Waals surface area contributed by atoms with Crippen LogP contribution in [-0.4, -0.2) is 17.3 Å². The van der Waals surface area contributed by atoms with Crippen LogP contribution in [0.4, 0.5) is 0 Å². The summed E-state index contributed by atoms with van der Waals surface area (Å²) in [5, 5.41) is 15.3. The zero-order chi connectivity index (χ0) is 23.9. The number of benzene rings is 4. The lowest BCUT2D eigenvalue weighted by molar-refractivity contribution is -0.626. The second kappa shape index (κ2) is 6.82. The average Bonchev–Trinajstić information content (AvgIpc) is 2.94. The first kappa shape index (κ1) is 21.6. The lowest BCUT2D eigenvalue weighted by Crippen LogP contribution is -2.73. The summed E-state index contributed by atoms with van der Waals surface area (Å²) in [5.41, 5.74) is 1.56. The number of fused-ring (bicyclic) bond motifs is 3. The monoisotopic (exact) mass is 454 g/mol. The summed E-state index contributed by atoms with van der Waals surface area (Å²) in [4.78, 5) is 12.0. The number of phenolic OH excluding ortho intramolecular Hbond substituents is 1. The molecular weight excluding hydrogens is 424 g/mol. The highest BCUT2D eigenvalue weighted by Crippen LogP contribution is 2.69. The van der Waals surface area contributed by atoms with E-state index in [-0.39, 0.29) is 16.6 Å². The Hall–Kier alpha value is -2.92. The van der Waals surface area contributed by atoms with E-state index in [0.29, 0.717) is 6.61 Å². The molecule has 0 radical (unpaired) electrons. The summed E-state index contributed by atoms with van der Waals surface area (Å²) in [6.45, 7) is 11.4. The number of aromatic hydroxyl groups is 1. The van der Waals surface area contributed by atoms with E-state index in [4.69, 9.17) is 14.5 Å². The molecule has 0 amide bonds. The fourth-order valence-corrected chi connectivity index (χ4v) is 6.57. The highest BCUT2D eigenvalue weighted by Gasteiger charge is 2.81. The zero-order valence-corrected chi connectivity index (χ0v) is 20.3. The van der Waals surface area contributed by atoms with E-state index in [1.165, 1.54) is 0 Å². The first-order chi connectivity index (χ1) is 16.1. The third kappa shape index (κ3) is 2.48. The van der Waals surface area contributed by atoms with Gasteiger partial charge in [0.25, 0.3) is 5.79 Å². The van der Waals surface area contributed by atoms with Crippen LogP contribution in [0, 0.1) is 10.8 Å². The van der Waals surface area contributed by atoms with Crippen molar-refractivity contribution in [3.8, 4) is 16.9 Å². The molecule has 0 aliphatic carbocycles. The van der Waals surface area contributed by atoms with E-state index in [1.807, 2.05) is 30.3 Å². The van der Waals surface area contributed by atoms with Gasteiger partial charge in [0, 0.05) is 22.0 Å². The van der Waals surface area contributed by atoms with E-state index in [2.05, 4.69) is 71.0 Å². The lowest BCUT2D eigenvalue weighted by Gasteiger charge is -2.61. The molecule has 2 atom stereocenters. The summed E-state index contributed by atoms with van der Waals surface area (Å²) in [5.74, 6) is -0.777. The van der Waals surface area contributed by atoms with Crippen molar-refractivity contribution in [2.45, 2.75) is 46.0 Å². The van der Waals surface area contributed by atoms with Gasteiger partial charge in [0.1, 0.15) is 5.75 Å². The molecule has 4 nitrogen and oxygen atoms in total. The quantitative estimate of drug-likeness (QED) is 0.322. The van der Waals surface area contributed by atoms with Gasteiger partial charge in [0.2, 0.25) is 0 Å². The standard InChI is InChI=1S/C30H30O4/c1-27(2,3)30-28(4,5)18-32-29(30,33-34-30)24-15-9-14-23-21(24)16-17-25(31)26(23)22-13-8-11-19-10-6-7-12-20(19)22/h6-17,31H,18H2,1-5H3/t29-,30-/m1/s1. The average molecular weight is 455 g/mol. The van der Waals surface area contributed by atoms with Crippen molar-refractivity contribution in [2.75, 3.05) is 6.61 Å². The first-order valence-electron chi connectivity index (χ1n) is 11.9. The van der Waals surface area contributed by atoms with Crippen molar-refractivity contribution in [3.05, 3.63) is 78.4 Å². The minimum Gasteiger partial charge on any atom is -0.507 e. The molecule has 0 unspecified atom stereocenters. The number of hydrogen-bond donors (Lipinski definition) is 1. The Kier molecular flexibility index (Phi) is 4.33. The molecule has 0 saturated carbocycles. The molecule has 2 aliphatic heterocycles. The van der Waals surface area contributed by atoms with Crippen LogP contribution >= 0.6 is 0 Å². The van der Waals surface area contributed by atoms with Crippen LogP contribution in [0.3, 0.4) is 0 Å². The Morgan fingerprint density at radius 3 is 2.21 bits per heavy atom. The Morgan fingerprint density at radius 2 is 1.47 bits per heavy atom. The topological polar surface area (TPSA) is 47.9 Å². The highest BCUT2D eigenvalue weighted by molar-refractivity contribution is 6.08. The summed E-state index contributed by atoms with van der Waals surface area (Å²) in [6, 6.07) is 24.3. The fourth-order valence-electron chi connectivity index (χ4n) is 6.57. The molecule has 2 fully saturated rings. The number of rotatable bonds is 2. The van der Waals surface area contributed by atoms with Crippen LogP contribution in [0.5, 0.6) is 5.75 Å². The fraction of sp³-hybridized carbons (Fsp3) is 0.333. The first-order valence-corrected chi connectivity index (χ1v) is 11.9. The third-order valence-corrected chi connectivity index (χ3v) is 7.85. The van der Waals surface area contributed by atoms with Crippen molar-refractivity contribution in [1.82, 2.24) is 0 Å². The minimum atomic E-state index is -1.03. The van der Waals surface area contributed by atoms with Crippen molar-refractivity contribution in [1.29, 1.82) is 0 Å². The van der Waals surface area contributed by atoms with Crippen LogP contribution in [0.25, 0.3) is 32.7 Å². The van der Waals surface area contributed by atoms with Gasteiger partial charge in [0.05, 0.1) is 6.61 Å². The predicted molar refractivity (Wildman–Crippen MR) is 134 cm³/mol. The molecule has 4 heteroatoms. The van der Waals surface area contributed by atoms with Crippen molar-refractivity contribution in [2.24, 2.45) is 10.8 Å². The Balaban J connectivity index is 1.65. The lowest BCUT2D eigenvalue weighted by atomic mass is 9.57. The van der Waals surface area contributed by atoms with Gasteiger partial charge < -0.3 is 9.84 Å². The molecule has 2 saturated heterocycles. The molecule has 1 N–H and O–H groups in total. The molecule has 0 aromatic heterocycles. The molecule has 2 heterocycles. The van der Waals surface area contributed by atoms with E-state index in [1.54, 1.807) is 6.07 Å². The van der Waals surface area contributed by atoms with Crippen LogP contribution in [0.1, 0.15) is 40.2 Å². The molecular formula is C30H30O4. The predicted octanol–water partition coefficient (Wildman–Crippen LogP) is 7.32. The number of phenols is 1. The van der Waals surface area contributed by atoms with Crippen LogP contribution < -0.4 is 0 Å².